The van der Waals surface area contributed by atoms with E-state index in [9.17, 15) is 18.0 Å². The molecule has 2 N–H and O–H groups in total. The van der Waals surface area contributed by atoms with Crippen LogP contribution in [-0.2, 0) is 19.4 Å². The summed E-state index contributed by atoms with van der Waals surface area (Å²) in [6.07, 6.45) is 2.23. The smallest absolute Gasteiger partial charge is 0.303 e. The van der Waals surface area contributed by atoms with Gasteiger partial charge in [-0.05, 0) is 32.6 Å². The van der Waals surface area contributed by atoms with Crippen LogP contribution in [0.2, 0.25) is 0 Å². The molecule has 0 radical (unpaired) electrons. The summed E-state index contributed by atoms with van der Waals surface area (Å²) in [5, 5.41) is 11.3. The molecule has 2 unspecified atom stereocenters. The summed E-state index contributed by atoms with van der Waals surface area (Å²) in [7, 11) is -3.18. The van der Waals surface area contributed by atoms with Crippen molar-refractivity contribution in [3.8, 4) is 0 Å². The lowest BCUT2D eigenvalue weighted by Crippen LogP contribution is -2.37. The summed E-state index contributed by atoms with van der Waals surface area (Å²) in [4.78, 5) is 23.1. The standard InChI is InChI=1S/C14H21NO5S/c1-9-4-5-11(10-6-8-21(19,20)13(9)10)14(18)15-7-2-3-12(16)17/h10-11H,2-8H2,1H3,(H,15,18)(H,16,17). The summed E-state index contributed by atoms with van der Waals surface area (Å²) in [6, 6.07) is 0. The van der Waals surface area contributed by atoms with Crippen LogP contribution in [0.4, 0.5) is 0 Å². The lowest BCUT2D eigenvalue weighted by Gasteiger charge is -2.28. The molecular formula is C14H21NO5S. The third-order valence-electron chi connectivity index (χ3n) is 4.31. The molecule has 1 aliphatic heterocycles. The van der Waals surface area contributed by atoms with Crippen LogP contribution in [0.5, 0.6) is 0 Å². The van der Waals surface area contributed by atoms with Gasteiger partial charge in [0.15, 0.2) is 9.84 Å². The summed E-state index contributed by atoms with van der Waals surface area (Å²) in [6.45, 7) is 2.16. The highest BCUT2D eigenvalue weighted by Gasteiger charge is 2.44. The van der Waals surface area contributed by atoms with Gasteiger partial charge < -0.3 is 10.4 Å². The van der Waals surface area contributed by atoms with Gasteiger partial charge in [-0.1, -0.05) is 5.57 Å². The van der Waals surface area contributed by atoms with Crippen LogP contribution in [-0.4, -0.2) is 37.7 Å². The maximum atomic E-state index is 12.2. The van der Waals surface area contributed by atoms with Gasteiger partial charge in [0.25, 0.3) is 0 Å². The number of hydrogen-bond acceptors (Lipinski definition) is 4. The molecular weight excluding hydrogens is 294 g/mol. The first kappa shape index (κ1) is 16.0. The average Bonchev–Trinajstić information content (AvgIpc) is 2.72. The first-order valence-electron chi connectivity index (χ1n) is 7.25. The molecule has 2 rings (SSSR count). The van der Waals surface area contributed by atoms with Gasteiger partial charge in [-0.15, -0.1) is 0 Å². The van der Waals surface area contributed by atoms with Crippen LogP contribution in [0.1, 0.15) is 39.0 Å². The van der Waals surface area contributed by atoms with E-state index in [0.29, 0.717) is 37.1 Å². The molecule has 0 bridgehead atoms. The van der Waals surface area contributed by atoms with Crippen molar-refractivity contribution in [2.45, 2.75) is 39.0 Å². The van der Waals surface area contributed by atoms with Gasteiger partial charge in [0.2, 0.25) is 5.91 Å². The van der Waals surface area contributed by atoms with Crippen LogP contribution in [0.3, 0.4) is 0 Å². The molecule has 0 spiro atoms. The van der Waals surface area contributed by atoms with E-state index < -0.39 is 15.8 Å². The van der Waals surface area contributed by atoms with Crippen molar-refractivity contribution >= 4 is 21.7 Å². The number of nitrogens with one attached hydrogen (secondary N) is 1. The fourth-order valence-electron chi connectivity index (χ4n) is 3.31. The van der Waals surface area contributed by atoms with Gasteiger partial charge in [0.05, 0.1) is 5.75 Å². The van der Waals surface area contributed by atoms with E-state index >= 15 is 0 Å². The molecule has 0 saturated carbocycles. The number of aliphatic carboxylic acids is 1. The molecule has 1 amide bonds. The van der Waals surface area contributed by atoms with Crippen LogP contribution >= 0.6 is 0 Å². The predicted octanol–water partition coefficient (Wildman–Crippen LogP) is 1.09. The molecule has 21 heavy (non-hydrogen) atoms. The van der Waals surface area contributed by atoms with Crippen molar-refractivity contribution in [2.75, 3.05) is 12.3 Å². The number of hydrogen-bond donors (Lipinski definition) is 2. The first-order valence-corrected chi connectivity index (χ1v) is 8.90. The summed E-state index contributed by atoms with van der Waals surface area (Å²) < 4.78 is 24.1. The Labute approximate surface area is 124 Å². The number of rotatable bonds is 5. The zero-order chi connectivity index (χ0) is 15.6. The molecule has 1 saturated heterocycles. The summed E-state index contributed by atoms with van der Waals surface area (Å²) in [5.41, 5.74) is 0.896. The lowest BCUT2D eigenvalue weighted by atomic mass is 9.79. The topological polar surface area (TPSA) is 101 Å². The molecule has 6 nitrogen and oxygen atoms in total. The number of carboxylic acids is 1. The van der Waals surface area contributed by atoms with Crippen LogP contribution < -0.4 is 5.32 Å². The number of fused-ring (bicyclic) bond motifs is 1. The molecule has 2 aliphatic rings. The third kappa shape index (κ3) is 3.45. The number of carbonyl (C=O) groups is 2. The maximum Gasteiger partial charge on any atom is 0.303 e. The van der Waals surface area contributed by atoms with Crippen LogP contribution in [0.25, 0.3) is 0 Å². The van der Waals surface area contributed by atoms with Gasteiger partial charge in [-0.2, -0.15) is 0 Å². The van der Waals surface area contributed by atoms with Crippen molar-refractivity contribution in [3.05, 3.63) is 10.5 Å². The van der Waals surface area contributed by atoms with Gasteiger partial charge >= 0.3 is 5.97 Å². The fraction of sp³-hybridized carbons (Fsp3) is 0.714. The molecule has 0 aromatic carbocycles. The Morgan fingerprint density at radius 1 is 1.33 bits per heavy atom. The molecule has 2 atom stereocenters. The Morgan fingerprint density at radius 3 is 2.71 bits per heavy atom. The van der Waals surface area contributed by atoms with Crippen molar-refractivity contribution < 1.29 is 23.1 Å². The number of carboxylic acid groups (broad SMARTS) is 1. The number of allylic oxidation sites excluding steroid dienone is 2. The zero-order valence-electron chi connectivity index (χ0n) is 12.1. The molecule has 1 aliphatic carbocycles. The zero-order valence-corrected chi connectivity index (χ0v) is 12.9. The Morgan fingerprint density at radius 2 is 2.05 bits per heavy atom. The molecule has 7 heteroatoms. The van der Waals surface area contributed by atoms with Crippen molar-refractivity contribution in [2.24, 2.45) is 11.8 Å². The normalized spacial score (nSPS) is 27.3. The van der Waals surface area contributed by atoms with Gasteiger partial charge in [0, 0.05) is 29.7 Å². The fourth-order valence-corrected chi connectivity index (χ4v) is 5.47. The Balaban J connectivity index is 1.99. The van der Waals surface area contributed by atoms with Gasteiger partial charge in [-0.25, -0.2) is 8.42 Å². The van der Waals surface area contributed by atoms with Gasteiger partial charge in [-0.3, -0.25) is 9.59 Å². The Hall–Kier alpha value is -1.37. The van der Waals surface area contributed by atoms with Crippen LogP contribution in [0.15, 0.2) is 10.5 Å². The summed E-state index contributed by atoms with van der Waals surface area (Å²) >= 11 is 0. The quantitative estimate of drug-likeness (QED) is 0.740. The first-order chi connectivity index (χ1) is 9.83. The molecule has 0 aromatic rings. The largest absolute Gasteiger partial charge is 0.481 e. The second kappa shape index (κ2) is 6.17. The monoisotopic (exact) mass is 315 g/mol. The van der Waals surface area contributed by atoms with E-state index in [1.54, 1.807) is 0 Å². The number of sulfone groups is 1. The average molecular weight is 315 g/mol. The second-order valence-corrected chi connectivity index (χ2v) is 7.87. The van der Waals surface area contributed by atoms with E-state index in [1.165, 1.54) is 0 Å². The highest BCUT2D eigenvalue weighted by Crippen LogP contribution is 2.44. The maximum absolute atomic E-state index is 12.2. The third-order valence-corrected chi connectivity index (χ3v) is 6.40. The molecule has 1 heterocycles. The highest BCUT2D eigenvalue weighted by atomic mass is 32.2. The van der Waals surface area contributed by atoms with Crippen molar-refractivity contribution in [1.82, 2.24) is 5.32 Å². The van der Waals surface area contributed by atoms with Crippen molar-refractivity contribution in [1.29, 1.82) is 0 Å². The molecule has 0 aromatic heterocycles. The summed E-state index contributed by atoms with van der Waals surface area (Å²) in [5.74, 6) is -1.39. The minimum absolute atomic E-state index is 0.0208. The number of carbonyl (C=O) groups excluding carboxylic acids is 1. The van der Waals surface area contributed by atoms with E-state index in [0.717, 1.165) is 5.57 Å². The minimum Gasteiger partial charge on any atom is -0.481 e. The van der Waals surface area contributed by atoms with Crippen LogP contribution in [0, 0.1) is 11.8 Å². The van der Waals surface area contributed by atoms with E-state index in [4.69, 9.17) is 5.11 Å². The van der Waals surface area contributed by atoms with Crippen molar-refractivity contribution in [3.63, 3.8) is 0 Å². The predicted molar refractivity (Wildman–Crippen MR) is 77.2 cm³/mol. The minimum atomic E-state index is -3.18. The number of amides is 1. The van der Waals surface area contributed by atoms with E-state index in [2.05, 4.69) is 5.32 Å². The van der Waals surface area contributed by atoms with E-state index in [1.807, 2.05) is 6.92 Å². The molecule has 1 fully saturated rings. The molecule has 118 valence electrons. The highest BCUT2D eigenvalue weighted by molar-refractivity contribution is 7.95. The Kier molecular flexibility index (Phi) is 4.70. The lowest BCUT2D eigenvalue weighted by molar-refractivity contribution is -0.137. The SMILES string of the molecule is CC1=C2C(CCS2(=O)=O)C(C(=O)NCCCC(=O)O)CC1. The second-order valence-electron chi connectivity index (χ2n) is 5.79. The van der Waals surface area contributed by atoms with Gasteiger partial charge in [0.1, 0.15) is 0 Å². The van der Waals surface area contributed by atoms with E-state index in [-0.39, 0.29) is 29.9 Å². The Bertz CT molecular complexity index is 578.